The Morgan fingerprint density at radius 1 is 1.13 bits per heavy atom. The molecule has 0 bridgehead atoms. The van der Waals surface area contributed by atoms with Gasteiger partial charge in [-0.25, -0.2) is 4.39 Å². The molecule has 1 aliphatic carbocycles. The summed E-state index contributed by atoms with van der Waals surface area (Å²) < 4.78 is 18.1. The van der Waals surface area contributed by atoms with Crippen LogP contribution in [-0.2, 0) is 21.5 Å². The SMILES string of the molecule is O=C(CNC(=O)C1(c2ccc(F)cc2)CC1)NCc1ccco1. The van der Waals surface area contributed by atoms with Crippen molar-refractivity contribution in [3.05, 3.63) is 59.8 Å². The number of nitrogens with one attached hydrogen (secondary N) is 2. The van der Waals surface area contributed by atoms with E-state index in [9.17, 15) is 14.0 Å². The fraction of sp³-hybridized carbons (Fsp3) is 0.294. The minimum absolute atomic E-state index is 0.0948. The van der Waals surface area contributed by atoms with Gasteiger partial charge in [0.25, 0.3) is 0 Å². The predicted octanol–water partition coefficient (Wildman–Crippen LogP) is 1.88. The molecule has 2 N–H and O–H groups in total. The van der Waals surface area contributed by atoms with Gasteiger partial charge in [-0.1, -0.05) is 12.1 Å². The molecule has 0 spiro atoms. The van der Waals surface area contributed by atoms with Gasteiger partial charge in [0.2, 0.25) is 11.8 Å². The molecule has 1 saturated carbocycles. The summed E-state index contributed by atoms with van der Waals surface area (Å²) >= 11 is 0. The molecular weight excluding hydrogens is 299 g/mol. The quantitative estimate of drug-likeness (QED) is 0.855. The lowest BCUT2D eigenvalue weighted by Crippen LogP contribution is -2.41. The van der Waals surface area contributed by atoms with Crippen LogP contribution in [-0.4, -0.2) is 18.4 Å². The van der Waals surface area contributed by atoms with Crippen LogP contribution in [0, 0.1) is 5.82 Å². The highest BCUT2D eigenvalue weighted by Crippen LogP contribution is 2.48. The molecule has 1 aliphatic rings. The third kappa shape index (κ3) is 3.41. The van der Waals surface area contributed by atoms with Gasteiger partial charge in [-0.05, 0) is 42.7 Å². The van der Waals surface area contributed by atoms with E-state index < -0.39 is 5.41 Å². The molecule has 0 unspecified atom stereocenters. The van der Waals surface area contributed by atoms with Gasteiger partial charge < -0.3 is 15.1 Å². The van der Waals surface area contributed by atoms with E-state index in [1.165, 1.54) is 18.4 Å². The van der Waals surface area contributed by atoms with Gasteiger partial charge in [0.1, 0.15) is 11.6 Å². The minimum atomic E-state index is -0.616. The molecule has 0 atom stereocenters. The Balaban J connectivity index is 1.51. The number of hydrogen-bond acceptors (Lipinski definition) is 3. The number of hydrogen-bond donors (Lipinski definition) is 2. The molecule has 1 fully saturated rings. The fourth-order valence-electron chi connectivity index (χ4n) is 2.53. The van der Waals surface area contributed by atoms with Gasteiger partial charge in [0.05, 0.1) is 24.8 Å². The maximum absolute atomic E-state index is 13.0. The maximum Gasteiger partial charge on any atom is 0.239 e. The highest BCUT2D eigenvalue weighted by Gasteiger charge is 2.51. The molecule has 23 heavy (non-hydrogen) atoms. The summed E-state index contributed by atoms with van der Waals surface area (Å²) in [5.74, 6) is -0.168. The third-order valence-corrected chi connectivity index (χ3v) is 4.03. The van der Waals surface area contributed by atoms with E-state index >= 15 is 0 Å². The van der Waals surface area contributed by atoms with Crippen molar-refractivity contribution in [3.8, 4) is 0 Å². The molecule has 6 heteroatoms. The topological polar surface area (TPSA) is 71.3 Å². The van der Waals surface area contributed by atoms with Gasteiger partial charge in [-0.2, -0.15) is 0 Å². The zero-order chi connectivity index (χ0) is 16.3. The standard InChI is InChI=1S/C17H17FN2O3/c18-13-5-3-12(4-6-13)17(7-8-17)16(22)20-11-15(21)19-10-14-2-1-9-23-14/h1-6,9H,7-8,10-11H2,(H,19,21)(H,20,22). The second-order valence-corrected chi connectivity index (χ2v) is 5.63. The largest absolute Gasteiger partial charge is 0.467 e. The average molecular weight is 316 g/mol. The molecule has 2 aromatic rings. The lowest BCUT2D eigenvalue weighted by molar-refractivity contribution is -0.127. The highest BCUT2D eigenvalue weighted by atomic mass is 19.1. The second-order valence-electron chi connectivity index (χ2n) is 5.63. The van der Waals surface area contributed by atoms with E-state index in [1.54, 1.807) is 24.3 Å². The first-order valence-electron chi connectivity index (χ1n) is 7.44. The van der Waals surface area contributed by atoms with E-state index in [4.69, 9.17) is 4.42 Å². The van der Waals surface area contributed by atoms with Crippen LogP contribution in [0.3, 0.4) is 0 Å². The monoisotopic (exact) mass is 316 g/mol. The predicted molar refractivity (Wildman–Crippen MR) is 80.9 cm³/mol. The Bertz CT molecular complexity index is 691. The van der Waals surface area contributed by atoms with Crippen molar-refractivity contribution in [2.45, 2.75) is 24.8 Å². The molecule has 0 radical (unpaired) electrons. The lowest BCUT2D eigenvalue weighted by atomic mass is 9.95. The molecule has 1 aromatic carbocycles. The van der Waals surface area contributed by atoms with Crippen LogP contribution < -0.4 is 10.6 Å². The van der Waals surface area contributed by atoms with Crippen LogP contribution in [0.2, 0.25) is 0 Å². The molecule has 3 rings (SSSR count). The normalized spacial score (nSPS) is 15.0. The summed E-state index contributed by atoms with van der Waals surface area (Å²) in [4.78, 5) is 24.1. The van der Waals surface area contributed by atoms with Gasteiger partial charge >= 0.3 is 0 Å². The fourth-order valence-corrected chi connectivity index (χ4v) is 2.53. The Morgan fingerprint density at radius 3 is 2.48 bits per heavy atom. The van der Waals surface area contributed by atoms with Crippen LogP contribution in [0.5, 0.6) is 0 Å². The number of carbonyl (C=O) groups excluding carboxylic acids is 2. The molecule has 2 amide bonds. The summed E-state index contributed by atoms with van der Waals surface area (Å²) in [5.41, 5.74) is 0.169. The minimum Gasteiger partial charge on any atom is -0.467 e. The van der Waals surface area contributed by atoms with Crippen molar-refractivity contribution in [2.75, 3.05) is 6.54 Å². The van der Waals surface area contributed by atoms with Gasteiger partial charge in [-0.15, -0.1) is 0 Å². The van der Waals surface area contributed by atoms with E-state index in [0.717, 1.165) is 5.56 Å². The zero-order valence-corrected chi connectivity index (χ0v) is 12.5. The van der Waals surface area contributed by atoms with Crippen molar-refractivity contribution >= 4 is 11.8 Å². The van der Waals surface area contributed by atoms with Crippen molar-refractivity contribution in [2.24, 2.45) is 0 Å². The smallest absolute Gasteiger partial charge is 0.239 e. The molecule has 0 saturated heterocycles. The number of furan rings is 1. The molecular formula is C17H17FN2O3. The first-order chi connectivity index (χ1) is 11.1. The summed E-state index contributed by atoms with van der Waals surface area (Å²) in [5, 5.41) is 5.32. The van der Waals surface area contributed by atoms with Crippen LogP contribution in [0.1, 0.15) is 24.2 Å². The van der Waals surface area contributed by atoms with Crippen molar-refractivity contribution in [3.63, 3.8) is 0 Å². The molecule has 120 valence electrons. The number of amides is 2. The molecule has 1 heterocycles. The van der Waals surface area contributed by atoms with E-state index in [1.807, 2.05) is 0 Å². The number of carbonyl (C=O) groups is 2. The van der Waals surface area contributed by atoms with Crippen LogP contribution in [0.4, 0.5) is 4.39 Å². The van der Waals surface area contributed by atoms with Crippen LogP contribution in [0.25, 0.3) is 0 Å². The summed E-state index contributed by atoms with van der Waals surface area (Å²) in [7, 11) is 0. The van der Waals surface area contributed by atoms with E-state index in [2.05, 4.69) is 10.6 Å². The van der Waals surface area contributed by atoms with E-state index in [-0.39, 0.29) is 30.7 Å². The Hall–Kier alpha value is -2.63. The van der Waals surface area contributed by atoms with Crippen molar-refractivity contribution < 1.29 is 18.4 Å². The second kappa shape index (κ2) is 6.24. The summed E-state index contributed by atoms with van der Waals surface area (Å²) in [6, 6.07) is 9.44. The van der Waals surface area contributed by atoms with Gasteiger partial charge in [0, 0.05) is 0 Å². The van der Waals surface area contributed by atoms with Crippen molar-refractivity contribution in [1.82, 2.24) is 10.6 Å². The van der Waals surface area contributed by atoms with Crippen LogP contribution in [0.15, 0.2) is 47.1 Å². The summed E-state index contributed by atoms with van der Waals surface area (Å²) in [6.07, 6.45) is 2.94. The first-order valence-corrected chi connectivity index (χ1v) is 7.44. The van der Waals surface area contributed by atoms with Crippen molar-refractivity contribution in [1.29, 1.82) is 0 Å². The lowest BCUT2D eigenvalue weighted by Gasteiger charge is -2.15. The Kier molecular flexibility index (Phi) is 4.14. The number of benzene rings is 1. The molecule has 0 aliphatic heterocycles. The van der Waals surface area contributed by atoms with E-state index in [0.29, 0.717) is 18.6 Å². The van der Waals surface area contributed by atoms with Gasteiger partial charge in [0.15, 0.2) is 0 Å². The van der Waals surface area contributed by atoms with Gasteiger partial charge in [-0.3, -0.25) is 9.59 Å². The Labute approximate surface area is 132 Å². The van der Waals surface area contributed by atoms with Crippen LogP contribution >= 0.6 is 0 Å². The molecule has 5 nitrogen and oxygen atoms in total. The maximum atomic E-state index is 13.0. The summed E-state index contributed by atoms with van der Waals surface area (Å²) in [6.45, 7) is 0.188. The first kappa shape index (κ1) is 15.3. The zero-order valence-electron chi connectivity index (χ0n) is 12.5. The third-order valence-electron chi connectivity index (χ3n) is 4.03. The Morgan fingerprint density at radius 2 is 1.87 bits per heavy atom. The molecule has 1 aromatic heterocycles. The highest BCUT2D eigenvalue weighted by molar-refractivity contribution is 5.93. The number of halogens is 1. The number of rotatable bonds is 6. The average Bonchev–Trinajstić information content (AvgIpc) is 3.20.